The molecule has 0 aliphatic heterocycles. The first-order valence-electron chi connectivity index (χ1n) is 8.86. The van der Waals surface area contributed by atoms with Crippen LogP contribution in [0, 0.1) is 18.3 Å². The molecule has 1 heterocycles. The fraction of sp³-hybridized carbons (Fsp3) is 0.400. The van der Waals surface area contributed by atoms with Gasteiger partial charge in [0.1, 0.15) is 5.54 Å². The van der Waals surface area contributed by atoms with E-state index in [0.29, 0.717) is 5.16 Å². The average Bonchev–Trinajstić information content (AvgIpc) is 2.67. The number of benzene rings is 1. The van der Waals surface area contributed by atoms with E-state index in [1.807, 2.05) is 43.3 Å². The quantitative estimate of drug-likeness (QED) is 0.641. The predicted molar refractivity (Wildman–Crippen MR) is 103 cm³/mol. The number of rotatable bonds is 5. The number of aryl methyl sites for hydroxylation is 1. The Morgan fingerprint density at radius 3 is 2.65 bits per heavy atom. The van der Waals surface area contributed by atoms with Crippen LogP contribution in [0.25, 0.3) is 11.3 Å². The van der Waals surface area contributed by atoms with E-state index in [1.165, 1.54) is 11.8 Å². The lowest BCUT2D eigenvalue weighted by atomic mass is 9.83. The van der Waals surface area contributed by atoms with Crippen LogP contribution in [0.4, 0.5) is 0 Å². The van der Waals surface area contributed by atoms with Crippen molar-refractivity contribution in [3.8, 4) is 17.3 Å². The van der Waals surface area contributed by atoms with Crippen LogP contribution in [-0.4, -0.2) is 27.2 Å². The highest BCUT2D eigenvalue weighted by molar-refractivity contribution is 7.99. The largest absolute Gasteiger partial charge is 0.337 e. The van der Waals surface area contributed by atoms with Gasteiger partial charge in [-0.1, -0.05) is 61.4 Å². The van der Waals surface area contributed by atoms with Crippen molar-refractivity contribution in [3.63, 3.8) is 0 Å². The Morgan fingerprint density at radius 2 is 1.96 bits per heavy atom. The number of carbonyl (C=O) groups excluding carboxylic acids is 1. The van der Waals surface area contributed by atoms with Gasteiger partial charge in [-0.3, -0.25) is 4.79 Å². The molecule has 0 unspecified atom stereocenters. The summed E-state index contributed by atoms with van der Waals surface area (Å²) in [5.41, 5.74) is 2.04. The highest BCUT2D eigenvalue weighted by atomic mass is 32.2. The zero-order valence-corrected chi connectivity index (χ0v) is 15.7. The summed E-state index contributed by atoms with van der Waals surface area (Å²) in [5.74, 6) is 0.0750. The van der Waals surface area contributed by atoms with Crippen molar-refractivity contribution in [2.24, 2.45) is 0 Å². The SMILES string of the molecule is Cc1cc(-c2ccccc2)nc(SCC(=O)NC2(C#N)CCCCC2)n1. The zero-order chi connectivity index (χ0) is 18.4. The third-order valence-corrected chi connectivity index (χ3v) is 5.38. The van der Waals surface area contributed by atoms with Crippen LogP contribution in [0.1, 0.15) is 37.8 Å². The maximum Gasteiger partial charge on any atom is 0.231 e. The topological polar surface area (TPSA) is 78.7 Å². The third kappa shape index (κ3) is 4.61. The van der Waals surface area contributed by atoms with Crippen molar-refractivity contribution in [2.45, 2.75) is 49.7 Å². The molecule has 1 fully saturated rings. The summed E-state index contributed by atoms with van der Waals surface area (Å²) < 4.78 is 0. The van der Waals surface area contributed by atoms with Crippen molar-refractivity contribution in [2.75, 3.05) is 5.75 Å². The number of nitriles is 1. The Balaban J connectivity index is 1.65. The van der Waals surface area contributed by atoms with Gasteiger partial charge >= 0.3 is 0 Å². The standard InChI is InChI=1S/C20H22N4OS/c1-15-12-17(16-8-4-2-5-9-16)23-19(22-15)26-13-18(25)24-20(14-21)10-6-3-7-11-20/h2,4-5,8-9,12H,3,6-7,10-11,13H2,1H3,(H,24,25). The van der Waals surface area contributed by atoms with Gasteiger partial charge in [0.25, 0.3) is 0 Å². The first-order valence-corrected chi connectivity index (χ1v) is 9.85. The van der Waals surface area contributed by atoms with Crippen LogP contribution < -0.4 is 5.32 Å². The Morgan fingerprint density at radius 1 is 1.23 bits per heavy atom. The first-order chi connectivity index (χ1) is 12.6. The second-order valence-corrected chi connectivity index (χ2v) is 7.58. The molecule has 1 aliphatic rings. The molecule has 1 N–H and O–H groups in total. The van der Waals surface area contributed by atoms with E-state index in [9.17, 15) is 10.1 Å². The molecule has 134 valence electrons. The number of thioether (sulfide) groups is 1. The molecule has 6 heteroatoms. The lowest BCUT2D eigenvalue weighted by Crippen LogP contribution is -2.49. The highest BCUT2D eigenvalue weighted by Crippen LogP contribution is 2.28. The summed E-state index contributed by atoms with van der Waals surface area (Å²) in [7, 11) is 0. The molecule has 1 saturated carbocycles. The van der Waals surface area contributed by atoms with Crippen molar-refractivity contribution in [1.82, 2.24) is 15.3 Å². The van der Waals surface area contributed by atoms with Gasteiger partial charge in [0.2, 0.25) is 5.91 Å². The number of hydrogen-bond acceptors (Lipinski definition) is 5. The summed E-state index contributed by atoms with van der Waals surface area (Å²) in [4.78, 5) is 21.3. The summed E-state index contributed by atoms with van der Waals surface area (Å²) >= 11 is 1.31. The fourth-order valence-corrected chi connectivity index (χ4v) is 3.92. The molecular formula is C20H22N4OS. The van der Waals surface area contributed by atoms with Crippen molar-refractivity contribution < 1.29 is 4.79 Å². The van der Waals surface area contributed by atoms with Gasteiger partial charge in [-0.2, -0.15) is 5.26 Å². The lowest BCUT2D eigenvalue weighted by Gasteiger charge is -2.31. The molecular weight excluding hydrogens is 344 g/mol. The molecule has 1 aromatic carbocycles. The van der Waals surface area contributed by atoms with Gasteiger partial charge in [0.15, 0.2) is 5.16 Å². The highest BCUT2D eigenvalue weighted by Gasteiger charge is 2.33. The minimum atomic E-state index is -0.696. The molecule has 1 amide bonds. The van der Waals surface area contributed by atoms with E-state index in [-0.39, 0.29) is 11.7 Å². The number of nitrogens with zero attached hydrogens (tertiary/aromatic N) is 3. The van der Waals surface area contributed by atoms with E-state index in [2.05, 4.69) is 21.4 Å². The van der Waals surface area contributed by atoms with E-state index in [4.69, 9.17) is 0 Å². The number of amides is 1. The molecule has 0 spiro atoms. The van der Waals surface area contributed by atoms with Crippen molar-refractivity contribution in [1.29, 1.82) is 5.26 Å². The molecule has 0 saturated heterocycles. The summed E-state index contributed by atoms with van der Waals surface area (Å²) in [6.07, 6.45) is 4.58. The van der Waals surface area contributed by atoms with Gasteiger partial charge < -0.3 is 5.32 Å². The second kappa shape index (κ2) is 8.33. The zero-order valence-electron chi connectivity index (χ0n) is 14.9. The molecule has 3 rings (SSSR count). The van der Waals surface area contributed by atoms with E-state index < -0.39 is 5.54 Å². The van der Waals surface area contributed by atoms with Crippen LogP contribution in [-0.2, 0) is 4.79 Å². The summed E-state index contributed by atoms with van der Waals surface area (Å²) in [6, 6.07) is 14.2. The number of hydrogen-bond donors (Lipinski definition) is 1. The fourth-order valence-electron chi connectivity index (χ4n) is 3.22. The smallest absolute Gasteiger partial charge is 0.231 e. The van der Waals surface area contributed by atoms with Gasteiger partial charge in [0.05, 0.1) is 17.5 Å². The van der Waals surface area contributed by atoms with Gasteiger partial charge in [0, 0.05) is 11.3 Å². The van der Waals surface area contributed by atoms with Gasteiger partial charge in [-0.05, 0) is 25.8 Å². The maximum absolute atomic E-state index is 12.3. The minimum absolute atomic E-state index is 0.134. The van der Waals surface area contributed by atoms with Gasteiger partial charge in [-0.25, -0.2) is 9.97 Å². The van der Waals surface area contributed by atoms with Crippen molar-refractivity contribution >= 4 is 17.7 Å². The van der Waals surface area contributed by atoms with E-state index >= 15 is 0 Å². The van der Waals surface area contributed by atoms with E-state index in [0.717, 1.165) is 49.1 Å². The Bertz CT molecular complexity index is 810. The molecule has 26 heavy (non-hydrogen) atoms. The Labute approximate surface area is 158 Å². The van der Waals surface area contributed by atoms with Crippen LogP contribution in [0.2, 0.25) is 0 Å². The summed E-state index contributed by atoms with van der Waals surface area (Å²) in [6.45, 7) is 1.92. The molecule has 5 nitrogen and oxygen atoms in total. The lowest BCUT2D eigenvalue weighted by molar-refractivity contribution is -0.120. The molecule has 0 bridgehead atoms. The normalized spacial score (nSPS) is 15.8. The molecule has 0 atom stereocenters. The van der Waals surface area contributed by atoms with Crippen molar-refractivity contribution in [3.05, 3.63) is 42.1 Å². The van der Waals surface area contributed by atoms with Crippen LogP contribution in [0.3, 0.4) is 0 Å². The van der Waals surface area contributed by atoms with Crippen LogP contribution in [0.5, 0.6) is 0 Å². The molecule has 1 aliphatic carbocycles. The molecule has 0 radical (unpaired) electrons. The summed E-state index contributed by atoms with van der Waals surface area (Å²) in [5, 5.41) is 13.0. The number of aromatic nitrogens is 2. The average molecular weight is 366 g/mol. The number of nitrogens with one attached hydrogen (secondary N) is 1. The monoisotopic (exact) mass is 366 g/mol. The maximum atomic E-state index is 12.3. The van der Waals surface area contributed by atoms with Crippen LogP contribution >= 0.6 is 11.8 Å². The van der Waals surface area contributed by atoms with E-state index in [1.54, 1.807) is 0 Å². The third-order valence-electron chi connectivity index (χ3n) is 4.54. The second-order valence-electron chi connectivity index (χ2n) is 6.63. The molecule has 1 aromatic heterocycles. The Kier molecular flexibility index (Phi) is 5.89. The number of carbonyl (C=O) groups is 1. The first kappa shape index (κ1) is 18.4. The predicted octanol–water partition coefficient (Wildman–Crippen LogP) is 3.89. The van der Waals surface area contributed by atoms with Crippen LogP contribution in [0.15, 0.2) is 41.6 Å². The minimum Gasteiger partial charge on any atom is -0.337 e. The van der Waals surface area contributed by atoms with Gasteiger partial charge in [-0.15, -0.1) is 0 Å². The Hall–Kier alpha value is -2.39. The molecule has 2 aromatic rings.